The molecule has 0 spiro atoms. The molecule has 0 amide bonds. The van der Waals surface area contributed by atoms with Crippen molar-refractivity contribution in [1.29, 1.82) is 0 Å². The third-order valence-electron chi connectivity index (χ3n) is 7.97. The predicted octanol–water partition coefficient (Wildman–Crippen LogP) is 2.03. The standard InChI is InChI=1S/2C12H19Si.2ClH.Hf/c2*1-3-7-13(8-4-9-13)12-6-5-11(2)10-12;;;/h2*5-6,10H,3-4,7-9H2,1-2H3;2*1H;/q;;;;+2/p-2. The molecule has 0 N–H and O–H groups in total. The average molecular weight is 632 g/mol. The Balaban J connectivity index is 0.00000150. The molecule has 2 atom stereocenters. The van der Waals surface area contributed by atoms with Gasteiger partial charge in [-0.2, -0.15) is 0 Å². The molecule has 2 aliphatic carbocycles. The van der Waals surface area contributed by atoms with E-state index in [1.54, 1.807) is 36.3 Å². The Bertz CT molecular complexity index is 658. The van der Waals surface area contributed by atoms with Gasteiger partial charge in [0.05, 0.1) is 0 Å². The van der Waals surface area contributed by atoms with E-state index < -0.39 is 39.1 Å². The van der Waals surface area contributed by atoms with Gasteiger partial charge in [0.2, 0.25) is 0 Å². The molecule has 5 heteroatoms. The van der Waals surface area contributed by atoms with Crippen molar-refractivity contribution in [2.45, 2.75) is 96.0 Å². The molecule has 0 aromatic heterocycles. The van der Waals surface area contributed by atoms with Crippen molar-refractivity contribution in [3.8, 4) is 0 Å². The van der Waals surface area contributed by atoms with E-state index >= 15 is 0 Å². The second kappa shape index (κ2) is 9.77. The second-order valence-corrected chi connectivity index (χ2v) is 28.2. The van der Waals surface area contributed by atoms with E-state index in [0.29, 0.717) is 6.34 Å². The van der Waals surface area contributed by atoms with Crippen LogP contribution in [0.25, 0.3) is 0 Å². The van der Waals surface area contributed by atoms with Gasteiger partial charge in [0.1, 0.15) is 0 Å². The van der Waals surface area contributed by atoms with Crippen LogP contribution in [0.5, 0.6) is 0 Å². The summed E-state index contributed by atoms with van der Waals surface area (Å²) in [6.07, 6.45) is 22.0. The molecular weight excluding hydrogens is 594 g/mol. The van der Waals surface area contributed by atoms with Crippen LogP contribution < -0.4 is 24.8 Å². The molecule has 0 nitrogen and oxygen atoms in total. The van der Waals surface area contributed by atoms with Crippen LogP contribution in [0.3, 0.4) is 0 Å². The SMILES string of the molecule is CCC[Si]1(C2=C[C](C)([Hf+2][C]3(C)C=CC([Si]4(CCC)CCC4)=C3)C=C2)CCC1.[Cl-].[Cl-]. The Morgan fingerprint density at radius 1 is 0.759 bits per heavy atom. The topological polar surface area (TPSA) is 0 Å². The molecule has 0 aromatic rings. The summed E-state index contributed by atoms with van der Waals surface area (Å²) in [5.74, 6) is 0. The molecule has 2 fully saturated rings. The van der Waals surface area contributed by atoms with Gasteiger partial charge in [-0.15, -0.1) is 0 Å². The van der Waals surface area contributed by atoms with Gasteiger partial charge in [-0.25, -0.2) is 0 Å². The van der Waals surface area contributed by atoms with Crippen molar-refractivity contribution in [1.82, 2.24) is 0 Å². The minimum Gasteiger partial charge on any atom is -1.00 e. The normalized spacial score (nSPS) is 32.8. The molecule has 160 valence electrons. The molecule has 2 heterocycles. The van der Waals surface area contributed by atoms with Gasteiger partial charge >= 0.3 is 182 Å². The molecule has 4 rings (SSSR count). The minimum atomic E-state index is -1.05. The zero-order valence-corrected chi connectivity index (χ0v) is 25.9. The van der Waals surface area contributed by atoms with Crippen LogP contribution in [0.2, 0.25) is 42.6 Å². The van der Waals surface area contributed by atoms with Crippen LogP contribution in [0.1, 0.15) is 53.4 Å². The fourth-order valence-electron chi connectivity index (χ4n) is 6.29. The first kappa shape index (κ1) is 26.1. The van der Waals surface area contributed by atoms with Gasteiger partial charge < -0.3 is 24.8 Å². The van der Waals surface area contributed by atoms with Crippen LogP contribution in [-0.2, 0) is 22.9 Å². The summed E-state index contributed by atoms with van der Waals surface area (Å²) >= 11 is -0.902. The zero-order valence-electron chi connectivity index (χ0n) is 18.8. The van der Waals surface area contributed by atoms with Gasteiger partial charge in [-0.3, -0.25) is 0 Å². The molecule has 2 unspecified atom stereocenters. The molecule has 0 aromatic carbocycles. The van der Waals surface area contributed by atoms with Gasteiger partial charge in [0, 0.05) is 0 Å². The summed E-state index contributed by atoms with van der Waals surface area (Å²) in [5, 5.41) is 3.72. The Hall–Kier alpha value is 0.844. The van der Waals surface area contributed by atoms with E-state index in [9.17, 15) is 0 Å². The Morgan fingerprint density at radius 2 is 1.14 bits per heavy atom. The maximum absolute atomic E-state index is 2.81. The maximum atomic E-state index is 2.81. The molecule has 2 aliphatic heterocycles. The Kier molecular flexibility index (Phi) is 8.79. The minimum absolute atomic E-state index is 0. The fraction of sp³-hybridized carbons (Fsp3) is 0.667. The second-order valence-electron chi connectivity index (χ2n) is 10.3. The summed E-state index contributed by atoms with van der Waals surface area (Å²) in [4.78, 5) is 0. The molecule has 4 aliphatic rings. The number of hydrogen-bond acceptors (Lipinski definition) is 0. The van der Waals surface area contributed by atoms with Crippen molar-refractivity contribution >= 4 is 16.1 Å². The van der Waals surface area contributed by atoms with Crippen LogP contribution in [0.4, 0.5) is 0 Å². The summed E-state index contributed by atoms with van der Waals surface area (Å²) in [6.45, 7) is 9.97. The molecule has 2 saturated heterocycles. The van der Waals surface area contributed by atoms with Crippen LogP contribution in [-0.4, -0.2) is 16.1 Å². The maximum Gasteiger partial charge on any atom is -1.00 e. The average Bonchev–Trinajstić information content (AvgIpc) is 3.10. The van der Waals surface area contributed by atoms with Crippen molar-refractivity contribution in [3.63, 3.8) is 0 Å². The first-order valence-electron chi connectivity index (χ1n) is 11.5. The third-order valence-corrected chi connectivity index (χ3v) is 25.3. The van der Waals surface area contributed by atoms with Gasteiger partial charge in [0.15, 0.2) is 0 Å². The summed E-state index contributed by atoms with van der Waals surface area (Å²) < 4.78 is 0.922. The summed E-state index contributed by atoms with van der Waals surface area (Å²) in [5.41, 5.74) is 0. The van der Waals surface area contributed by atoms with E-state index in [-0.39, 0.29) is 24.8 Å². The predicted molar refractivity (Wildman–Crippen MR) is 121 cm³/mol. The number of rotatable bonds is 8. The van der Waals surface area contributed by atoms with Crippen LogP contribution in [0.15, 0.2) is 46.8 Å². The van der Waals surface area contributed by atoms with Gasteiger partial charge in [-0.05, 0) is 0 Å². The Morgan fingerprint density at radius 3 is 1.41 bits per heavy atom. The zero-order chi connectivity index (χ0) is 19.2. The Labute approximate surface area is 205 Å². The third kappa shape index (κ3) is 4.94. The van der Waals surface area contributed by atoms with E-state index in [0.717, 1.165) is 0 Å². The van der Waals surface area contributed by atoms with Crippen LogP contribution in [0, 0.1) is 0 Å². The number of halogens is 2. The molecule has 0 saturated carbocycles. The molecule has 0 bridgehead atoms. The van der Waals surface area contributed by atoms with Crippen molar-refractivity contribution in [2.75, 3.05) is 0 Å². The van der Waals surface area contributed by atoms with E-state index in [1.165, 1.54) is 25.7 Å². The van der Waals surface area contributed by atoms with Crippen LogP contribution >= 0.6 is 0 Å². The fourth-order valence-corrected chi connectivity index (χ4v) is 23.5. The van der Waals surface area contributed by atoms with Gasteiger partial charge in [-0.1, -0.05) is 0 Å². The van der Waals surface area contributed by atoms with E-state index in [4.69, 9.17) is 0 Å². The van der Waals surface area contributed by atoms with E-state index in [1.807, 2.05) is 10.4 Å². The summed E-state index contributed by atoms with van der Waals surface area (Å²) in [7, 11) is -2.10. The van der Waals surface area contributed by atoms with Crippen molar-refractivity contribution < 1.29 is 47.7 Å². The first-order chi connectivity index (χ1) is 12.9. The monoisotopic (exact) mass is 632 g/mol. The quantitative estimate of drug-likeness (QED) is 0.360. The van der Waals surface area contributed by atoms with Gasteiger partial charge in [0.25, 0.3) is 0 Å². The molecule has 29 heavy (non-hydrogen) atoms. The number of allylic oxidation sites excluding steroid dienone is 8. The summed E-state index contributed by atoms with van der Waals surface area (Å²) in [6, 6.07) is 9.39. The molecular formula is C24H38Cl2HfSi2. The first-order valence-corrected chi connectivity index (χ1v) is 20.3. The molecule has 0 radical (unpaired) electrons. The smallest absolute Gasteiger partial charge is 1.00 e. The van der Waals surface area contributed by atoms with Crippen molar-refractivity contribution in [3.05, 3.63) is 46.8 Å². The number of hydrogen-bond donors (Lipinski definition) is 0. The van der Waals surface area contributed by atoms with E-state index in [2.05, 4.69) is 64.2 Å². The largest absolute Gasteiger partial charge is 1.00 e. The van der Waals surface area contributed by atoms with Crippen molar-refractivity contribution in [2.24, 2.45) is 0 Å².